The highest BCUT2D eigenvalue weighted by Crippen LogP contribution is 2.44. The van der Waals surface area contributed by atoms with Crippen molar-refractivity contribution >= 4 is 18.0 Å². The van der Waals surface area contributed by atoms with E-state index in [-0.39, 0.29) is 25.0 Å². The van der Waals surface area contributed by atoms with Crippen molar-refractivity contribution in [3.63, 3.8) is 0 Å². The highest BCUT2D eigenvalue weighted by atomic mass is 16.5. The summed E-state index contributed by atoms with van der Waals surface area (Å²) >= 11 is 0. The molecule has 0 aliphatic heterocycles. The number of hydrogen-bond acceptors (Lipinski definition) is 4. The topological polar surface area (TPSA) is 105 Å². The molecule has 2 atom stereocenters. The standard InChI is InChI=1S/C26H32N2O5/c1-5-26(4,24(31)28-22(16(2)3)23(29)30)15-27-25(32)33-14-21-19-12-8-6-10-17(19)18-11-7-9-13-20(18)21/h6-13,16,21-22H,5,14-15H2,1-4H3,(H,27,32)(H,28,31)(H,29,30). The van der Waals surface area contributed by atoms with Crippen LogP contribution in [0.25, 0.3) is 11.1 Å². The molecule has 33 heavy (non-hydrogen) atoms. The lowest BCUT2D eigenvalue weighted by atomic mass is 9.85. The minimum absolute atomic E-state index is 0.0381. The Morgan fingerprint density at radius 1 is 1.03 bits per heavy atom. The van der Waals surface area contributed by atoms with Crippen molar-refractivity contribution in [2.75, 3.05) is 13.2 Å². The number of alkyl carbamates (subject to hydrolysis) is 1. The van der Waals surface area contributed by atoms with E-state index in [1.807, 2.05) is 43.3 Å². The van der Waals surface area contributed by atoms with Crippen LogP contribution in [0.1, 0.15) is 51.2 Å². The fourth-order valence-electron chi connectivity index (χ4n) is 4.11. The van der Waals surface area contributed by atoms with Gasteiger partial charge in [-0.25, -0.2) is 9.59 Å². The van der Waals surface area contributed by atoms with Crippen LogP contribution in [0, 0.1) is 11.3 Å². The molecule has 0 bridgehead atoms. The van der Waals surface area contributed by atoms with Crippen molar-refractivity contribution in [3.05, 3.63) is 59.7 Å². The maximum atomic E-state index is 12.8. The maximum absolute atomic E-state index is 12.8. The SMILES string of the molecule is CCC(C)(CNC(=O)OCC1c2ccccc2-c2ccccc21)C(=O)NC(C(=O)O)C(C)C. The van der Waals surface area contributed by atoms with Gasteiger partial charge in [-0.1, -0.05) is 69.3 Å². The molecule has 2 amide bonds. The largest absolute Gasteiger partial charge is 0.480 e. The molecule has 0 fully saturated rings. The van der Waals surface area contributed by atoms with Crippen molar-refractivity contribution in [1.82, 2.24) is 10.6 Å². The van der Waals surface area contributed by atoms with Crippen LogP contribution in [-0.2, 0) is 14.3 Å². The summed E-state index contributed by atoms with van der Waals surface area (Å²) in [7, 11) is 0. The van der Waals surface area contributed by atoms with Gasteiger partial charge in [0.1, 0.15) is 12.6 Å². The normalized spacial score (nSPS) is 15.2. The molecule has 7 heteroatoms. The van der Waals surface area contributed by atoms with E-state index in [9.17, 15) is 19.5 Å². The van der Waals surface area contributed by atoms with Crippen LogP contribution in [0.3, 0.4) is 0 Å². The van der Waals surface area contributed by atoms with Crippen molar-refractivity contribution in [1.29, 1.82) is 0 Å². The number of amides is 2. The number of fused-ring (bicyclic) bond motifs is 3. The van der Waals surface area contributed by atoms with E-state index in [2.05, 4.69) is 22.8 Å². The second kappa shape index (κ2) is 10.1. The Hall–Kier alpha value is -3.35. The Morgan fingerprint density at radius 2 is 1.58 bits per heavy atom. The second-order valence-electron chi connectivity index (χ2n) is 9.13. The molecule has 0 saturated heterocycles. The zero-order chi connectivity index (χ0) is 24.2. The second-order valence-corrected chi connectivity index (χ2v) is 9.13. The van der Waals surface area contributed by atoms with E-state index in [0.717, 1.165) is 22.3 Å². The molecule has 0 spiro atoms. The lowest BCUT2D eigenvalue weighted by molar-refractivity contribution is -0.145. The van der Waals surface area contributed by atoms with Gasteiger partial charge < -0.3 is 20.5 Å². The summed E-state index contributed by atoms with van der Waals surface area (Å²) in [4.78, 5) is 36.7. The molecule has 2 unspecified atom stereocenters. The van der Waals surface area contributed by atoms with E-state index < -0.39 is 29.4 Å². The summed E-state index contributed by atoms with van der Waals surface area (Å²) < 4.78 is 5.54. The lowest BCUT2D eigenvalue weighted by Gasteiger charge is -2.30. The van der Waals surface area contributed by atoms with E-state index in [1.54, 1.807) is 20.8 Å². The molecule has 3 rings (SSSR count). The number of carboxylic acids is 1. The molecule has 176 valence electrons. The average Bonchev–Trinajstić information content (AvgIpc) is 3.12. The molecule has 1 aliphatic rings. The van der Waals surface area contributed by atoms with Crippen molar-refractivity contribution < 1.29 is 24.2 Å². The lowest BCUT2D eigenvalue weighted by Crippen LogP contribution is -2.53. The first-order chi connectivity index (χ1) is 15.7. The molecule has 0 aromatic heterocycles. The van der Waals surface area contributed by atoms with Crippen LogP contribution in [-0.4, -0.2) is 42.3 Å². The molecule has 0 heterocycles. The van der Waals surface area contributed by atoms with Crippen molar-refractivity contribution in [3.8, 4) is 11.1 Å². The molecule has 0 saturated carbocycles. The average molecular weight is 453 g/mol. The van der Waals surface area contributed by atoms with Gasteiger partial charge in [-0.05, 0) is 41.5 Å². The van der Waals surface area contributed by atoms with Crippen LogP contribution in [0.15, 0.2) is 48.5 Å². The molecule has 7 nitrogen and oxygen atoms in total. The third kappa shape index (κ3) is 5.18. The fourth-order valence-corrected chi connectivity index (χ4v) is 4.11. The first-order valence-electron chi connectivity index (χ1n) is 11.3. The Balaban J connectivity index is 1.61. The molecular formula is C26H32N2O5. The quantitative estimate of drug-likeness (QED) is 0.530. The van der Waals surface area contributed by atoms with Crippen LogP contribution in [0.2, 0.25) is 0 Å². The van der Waals surface area contributed by atoms with Gasteiger partial charge in [0.15, 0.2) is 0 Å². The van der Waals surface area contributed by atoms with Crippen LogP contribution in [0.5, 0.6) is 0 Å². The smallest absolute Gasteiger partial charge is 0.407 e. The summed E-state index contributed by atoms with van der Waals surface area (Å²) in [5.74, 6) is -1.81. The highest BCUT2D eigenvalue weighted by Gasteiger charge is 2.36. The van der Waals surface area contributed by atoms with E-state index in [0.29, 0.717) is 6.42 Å². The van der Waals surface area contributed by atoms with Crippen molar-refractivity contribution in [2.24, 2.45) is 11.3 Å². The predicted molar refractivity (Wildman–Crippen MR) is 126 cm³/mol. The number of nitrogens with one attached hydrogen (secondary N) is 2. The van der Waals surface area contributed by atoms with Gasteiger partial charge in [0.2, 0.25) is 5.91 Å². The molecule has 2 aromatic carbocycles. The molecule has 2 aromatic rings. The number of carbonyl (C=O) groups excluding carboxylic acids is 2. The number of rotatable bonds is 9. The van der Waals surface area contributed by atoms with Crippen LogP contribution in [0.4, 0.5) is 4.79 Å². The summed E-state index contributed by atoms with van der Waals surface area (Å²) in [5.41, 5.74) is 3.58. The highest BCUT2D eigenvalue weighted by molar-refractivity contribution is 5.88. The van der Waals surface area contributed by atoms with E-state index >= 15 is 0 Å². The molecule has 1 aliphatic carbocycles. The van der Waals surface area contributed by atoms with E-state index in [4.69, 9.17) is 4.74 Å². The van der Waals surface area contributed by atoms with Gasteiger partial charge in [-0.2, -0.15) is 0 Å². The zero-order valence-electron chi connectivity index (χ0n) is 19.6. The number of ether oxygens (including phenoxy) is 1. The summed E-state index contributed by atoms with van der Waals surface area (Å²) in [5, 5.41) is 14.6. The summed E-state index contributed by atoms with van der Waals surface area (Å²) in [6.45, 7) is 7.21. The van der Waals surface area contributed by atoms with Gasteiger partial charge in [0, 0.05) is 12.5 Å². The Bertz CT molecular complexity index is 989. The maximum Gasteiger partial charge on any atom is 0.407 e. The number of benzene rings is 2. The first kappa shape index (κ1) is 24.3. The summed E-state index contributed by atoms with van der Waals surface area (Å²) in [6.07, 6.45) is -0.185. The Kier molecular flexibility index (Phi) is 7.41. The van der Waals surface area contributed by atoms with Gasteiger partial charge >= 0.3 is 12.1 Å². The minimum atomic E-state index is -1.08. The molecule has 0 radical (unpaired) electrons. The van der Waals surface area contributed by atoms with Crippen LogP contribution >= 0.6 is 0 Å². The molecular weight excluding hydrogens is 420 g/mol. The Morgan fingerprint density at radius 3 is 2.06 bits per heavy atom. The summed E-state index contributed by atoms with van der Waals surface area (Å²) in [6, 6.07) is 15.2. The number of carboxylic acid groups (broad SMARTS) is 1. The number of hydrogen-bond donors (Lipinski definition) is 3. The monoisotopic (exact) mass is 452 g/mol. The van der Waals surface area contributed by atoms with Gasteiger partial charge in [-0.3, -0.25) is 4.79 Å². The fraction of sp³-hybridized carbons (Fsp3) is 0.423. The third-order valence-corrected chi connectivity index (χ3v) is 6.51. The number of aliphatic carboxylic acids is 1. The van der Waals surface area contributed by atoms with Gasteiger partial charge in [0.25, 0.3) is 0 Å². The van der Waals surface area contributed by atoms with Gasteiger partial charge in [0.05, 0.1) is 5.41 Å². The van der Waals surface area contributed by atoms with Crippen LogP contribution < -0.4 is 10.6 Å². The number of carbonyl (C=O) groups is 3. The third-order valence-electron chi connectivity index (χ3n) is 6.51. The minimum Gasteiger partial charge on any atom is -0.480 e. The van der Waals surface area contributed by atoms with Crippen molar-refractivity contribution in [2.45, 2.75) is 46.1 Å². The first-order valence-corrected chi connectivity index (χ1v) is 11.3. The van der Waals surface area contributed by atoms with E-state index in [1.165, 1.54) is 0 Å². The molecule has 3 N–H and O–H groups in total. The predicted octanol–water partition coefficient (Wildman–Crippen LogP) is 4.17. The Labute approximate surface area is 194 Å². The van der Waals surface area contributed by atoms with Gasteiger partial charge in [-0.15, -0.1) is 0 Å². The zero-order valence-corrected chi connectivity index (χ0v) is 19.6.